The van der Waals surface area contributed by atoms with Crippen LogP contribution in [0.2, 0.25) is 0 Å². The van der Waals surface area contributed by atoms with E-state index in [1.807, 2.05) is 0 Å². The van der Waals surface area contributed by atoms with Gasteiger partial charge in [-0.2, -0.15) is 0 Å². The summed E-state index contributed by atoms with van der Waals surface area (Å²) in [4.78, 5) is 23.4. The molecule has 4 N–H and O–H groups in total. The van der Waals surface area contributed by atoms with Crippen LogP contribution in [-0.4, -0.2) is 57.9 Å². The average Bonchev–Trinajstić information content (AvgIpc) is 2.62. The lowest BCUT2D eigenvalue weighted by Gasteiger charge is -2.24. The predicted molar refractivity (Wildman–Crippen MR) is 57.1 cm³/mol. The lowest BCUT2D eigenvalue weighted by Crippen LogP contribution is -2.41. The molecule has 0 aromatic heterocycles. The zero-order chi connectivity index (χ0) is 14.3. The van der Waals surface area contributed by atoms with Crippen molar-refractivity contribution in [1.29, 1.82) is 0 Å². The Hall–Kier alpha value is -0.810. The molecule has 0 radical (unpaired) electrons. The molecule has 0 aliphatic carbocycles. The van der Waals surface area contributed by atoms with Crippen molar-refractivity contribution in [2.75, 3.05) is 6.61 Å². The number of ether oxygens (including phenoxy) is 1. The van der Waals surface area contributed by atoms with Crippen LogP contribution in [0.15, 0.2) is 0 Å². The molecule has 0 aromatic carbocycles. The standard InChI is InChI=1S/C10H18O9/c11-7-4-2-1-3-6(17-7)9(13)10(14)19-16-5-8(12)18-15/h6,8-10,12-15H,1-5H2. The van der Waals surface area contributed by atoms with E-state index in [0.29, 0.717) is 19.3 Å². The molecule has 0 spiro atoms. The molecule has 1 fully saturated rings. The van der Waals surface area contributed by atoms with E-state index in [0.717, 1.165) is 0 Å². The van der Waals surface area contributed by atoms with Gasteiger partial charge in [-0.1, -0.05) is 0 Å². The van der Waals surface area contributed by atoms with Crippen LogP contribution in [0.3, 0.4) is 0 Å². The fourth-order valence-electron chi connectivity index (χ4n) is 1.58. The zero-order valence-electron chi connectivity index (χ0n) is 10.2. The zero-order valence-corrected chi connectivity index (χ0v) is 10.2. The highest BCUT2D eigenvalue weighted by Gasteiger charge is 2.32. The first-order valence-corrected chi connectivity index (χ1v) is 5.86. The Balaban J connectivity index is 2.33. The first-order valence-electron chi connectivity index (χ1n) is 5.86. The normalized spacial score (nSPS) is 25.3. The van der Waals surface area contributed by atoms with Crippen molar-refractivity contribution >= 4 is 5.97 Å². The summed E-state index contributed by atoms with van der Waals surface area (Å²) in [6, 6.07) is 0. The maximum Gasteiger partial charge on any atom is 0.306 e. The van der Waals surface area contributed by atoms with Gasteiger partial charge in [-0.15, -0.1) is 0 Å². The maximum absolute atomic E-state index is 11.2. The number of hydrogen-bond acceptors (Lipinski definition) is 9. The van der Waals surface area contributed by atoms with Crippen LogP contribution in [-0.2, 0) is 24.2 Å². The molecule has 1 saturated heterocycles. The van der Waals surface area contributed by atoms with Gasteiger partial charge >= 0.3 is 5.97 Å². The SMILES string of the molecule is O=C1CCCCC(C(O)C(O)OOCC(O)OO)O1. The van der Waals surface area contributed by atoms with Crippen molar-refractivity contribution in [2.24, 2.45) is 0 Å². The summed E-state index contributed by atoms with van der Waals surface area (Å²) >= 11 is 0. The molecule has 9 heteroatoms. The number of rotatable bonds is 7. The summed E-state index contributed by atoms with van der Waals surface area (Å²) in [5, 5.41) is 36.0. The van der Waals surface area contributed by atoms with E-state index in [-0.39, 0.29) is 6.42 Å². The molecule has 112 valence electrons. The van der Waals surface area contributed by atoms with Crippen molar-refractivity contribution in [3.8, 4) is 0 Å². The summed E-state index contributed by atoms with van der Waals surface area (Å²) in [7, 11) is 0. The largest absolute Gasteiger partial charge is 0.459 e. The Labute approximate surface area is 109 Å². The minimum absolute atomic E-state index is 0.275. The highest BCUT2D eigenvalue weighted by atomic mass is 17.2. The van der Waals surface area contributed by atoms with E-state index >= 15 is 0 Å². The van der Waals surface area contributed by atoms with Crippen LogP contribution in [0, 0.1) is 0 Å². The molecule has 4 unspecified atom stereocenters. The summed E-state index contributed by atoms with van der Waals surface area (Å²) in [6.45, 7) is -0.579. The van der Waals surface area contributed by atoms with Gasteiger partial charge in [0, 0.05) is 6.42 Å². The molecule has 0 bridgehead atoms. The highest BCUT2D eigenvalue weighted by Crippen LogP contribution is 2.19. The quantitative estimate of drug-likeness (QED) is 0.199. The van der Waals surface area contributed by atoms with Gasteiger partial charge < -0.3 is 20.1 Å². The molecule has 1 heterocycles. The van der Waals surface area contributed by atoms with E-state index in [1.54, 1.807) is 0 Å². The third kappa shape index (κ3) is 5.78. The topological polar surface area (TPSA) is 135 Å². The molecule has 19 heavy (non-hydrogen) atoms. The van der Waals surface area contributed by atoms with Crippen molar-refractivity contribution in [3.63, 3.8) is 0 Å². The second-order valence-corrected chi connectivity index (χ2v) is 4.10. The van der Waals surface area contributed by atoms with Crippen molar-refractivity contribution in [1.82, 2.24) is 0 Å². The summed E-state index contributed by atoms with van der Waals surface area (Å²) in [6.07, 6.45) is -3.75. The molecule has 4 atom stereocenters. The van der Waals surface area contributed by atoms with Crippen LogP contribution in [0.25, 0.3) is 0 Å². The minimum Gasteiger partial charge on any atom is -0.459 e. The number of aliphatic hydroxyl groups excluding tert-OH is 3. The molecule has 1 aliphatic heterocycles. The molecule has 1 rings (SSSR count). The van der Waals surface area contributed by atoms with Gasteiger partial charge in [-0.3, -0.25) is 4.79 Å². The molecule has 0 saturated carbocycles. The van der Waals surface area contributed by atoms with E-state index < -0.39 is 37.4 Å². The second kappa shape index (κ2) is 8.38. The third-order valence-corrected chi connectivity index (χ3v) is 2.57. The smallest absolute Gasteiger partial charge is 0.306 e. The number of carbonyl (C=O) groups is 1. The Bertz CT molecular complexity index is 272. The van der Waals surface area contributed by atoms with Crippen LogP contribution in [0.5, 0.6) is 0 Å². The number of carbonyl (C=O) groups excluding carboxylic acids is 1. The molecular formula is C10H18O9. The van der Waals surface area contributed by atoms with Crippen LogP contribution in [0.4, 0.5) is 0 Å². The lowest BCUT2D eigenvalue weighted by atomic mass is 10.1. The fraction of sp³-hybridized carbons (Fsp3) is 0.900. The average molecular weight is 282 g/mol. The van der Waals surface area contributed by atoms with E-state index in [9.17, 15) is 15.0 Å². The summed E-state index contributed by atoms with van der Waals surface area (Å²) in [5.41, 5.74) is 0. The molecule has 1 aliphatic rings. The summed E-state index contributed by atoms with van der Waals surface area (Å²) < 4.78 is 4.94. The molecule has 0 aromatic rings. The van der Waals surface area contributed by atoms with Crippen LogP contribution in [0.1, 0.15) is 25.7 Å². The van der Waals surface area contributed by atoms with Crippen LogP contribution >= 0.6 is 0 Å². The maximum atomic E-state index is 11.2. The van der Waals surface area contributed by atoms with Gasteiger partial charge in [0.1, 0.15) is 18.8 Å². The predicted octanol–water partition coefficient (Wildman–Crippen LogP) is -1.09. The van der Waals surface area contributed by atoms with E-state index in [1.165, 1.54) is 0 Å². The van der Waals surface area contributed by atoms with Gasteiger partial charge in [0.05, 0.1) is 0 Å². The van der Waals surface area contributed by atoms with Gasteiger partial charge in [0.15, 0.2) is 0 Å². The Morgan fingerprint density at radius 1 is 1.32 bits per heavy atom. The second-order valence-electron chi connectivity index (χ2n) is 4.10. The lowest BCUT2D eigenvalue weighted by molar-refractivity contribution is -0.425. The minimum atomic E-state index is -1.76. The first-order chi connectivity index (χ1) is 9.04. The number of aliphatic hydroxyl groups is 3. The van der Waals surface area contributed by atoms with Crippen molar-refractivity contribution < 1.29 is 44.8 Å². The van der Waals surface area contributed by atoms with E-state index in [2.05, 4.69) is 14.7 Å². The Morgan fingerprint density at radius 2 is 2.05 bits per heavy atom. The van der Waals surface area contributed by atoms with Gasteiger partial charge in [-0.05, 0) is 19.3 Å². The molecule has 0 amide bonds. The van der Waals surface area contributed by atoms with Crippen LogP contribution < -0.4 is 0 Å². The van der Waals surface area contributed by atoms with E-state index in [4.69, 9.17) is 15.1 Å². The van der Waals surface area contributed by atoms with Gasteiger partial charge in [-0.25, -0.2) is 19.9 Å². The third-order valence-electron chi connectivity index (χ3n) is 2.57. The van der Waals surface area contributed by atoms with Crippen molar-refractivity contribution in [3.05, 3.63) is 0 Å². The first kappa shape index (κ1) is 16.2. The fourth-order valence-corrected chi connectivity index (χ4v) is 1.58. The summed E-state index contributed by atoms with van der Waals surface area (Å²) in [5.74, 6) is -0.446. The van der Waals surface area contributed by atoms with Gasteiger partial charge in [0.25, 0.3) is 0 Å². The highest BCUT2D eigenvalue weighted by molar-refractivity contribution is 5.69. The molecular weight excluding hydrogens is 264 g/mol. The van der Waals surface area contributed by atoms with Crippen molar-refractivity contribution in [2.45, 2.75) is 50.5 Å². The Kier molecular flexibility index (Phi) is 7.16. The monoisotopic (exact) mass is 282 g/mol. The number of hydrogen-bond donors (Lipinski definition) is 4. The van der Waals surface area contributed by atoms with Gasteiger partial charge in [0.2, 0.25) is 12.6 Å². The number of esters is 1. The number of cyclic esters (lactones) is 1. The Morgan fingerprint density at radius 3 is 2.74 bits per heavy atom. The molecule has 9 nitrogen and oxygen atoms in total.